The molecule has 0 radical (unpaired) electrons. The van der Waals surface area contributed by atoms with E-state index >= 15 is 0 Å². The molecule has 0 spiro atoms. The second kappa shape index (κ2) is 9.51. The van der Waals surface area contributed by atoms with Gasteiger partial charge in [-0.1, -0.05) is 71.8 Å². The van der Waals surface area contributed by atoms with Crippen molar-refractivity contribution in [3.8, 4) is 0 Å². The fourth-order valence-corrected chi connectivity index (χ4v) is 2.98. The number of benzene rings is 3. The molecule has 0 bridgehead atoms. The molecule has 8 nitrogen and oxygen atoms in total. The smallest absolute Gasteiger partial charge is 0.279 e. The van der Waals surface area contributed by atoms with Crippen molar-refractivity contribution in [2.24, 2.45) is 5.10 Å². The Hall–Kier alpha value is -3.24. The van der Waals surface area contributed by atoms with Gasteiger partial charge >= 0.3 is 0 Å². The van der Waals surface area contributed by atoms with Crippen LogP contribution in [-0.2, 0) is 0 Å². The molecule has 0 aromatic heterocycles. The number of amidine groups is 1. The van der Waals surface area contributed by atoms with Crippen LogP contribution in [0.25, 0.3) is 0 Å². The van der Waals surface area contributed by atoms with Crippen LogP contribution in [0.1, 0.15) is 5.56 Å². The number of halogens is 1. The highest BCUT2D eigenvalue weighted by molar-refractivity contribution is 6.12. The van der Waals surface area contributed by atoms with Crippen LogP contribution in [0, 0.1) is 10.2 Å². The van der Waals surface area contributed by atoms with E-state index in [0.717, 1.165) is 34.0 Å². The van der Waals surface area contributed by atoms with E-state index in [9.17, 15) is 5.11 Å². The molecule has 0 fully saturated rings. The minimum atomic E-state index is -4.94. The zero-order valence-electron chi connectivity index (χ0n) is 15.6. The van der Waals surface area contributed by atoms with Gasteiger partial charge in [-0.05, 0) is 12.1 Å². The van der Waals surface area contributed by atoms with Gasteiger partial charge in [-0.2, -0.15) is 0 Å². The molecule has 9 heteroatoms. The molecule has 0 saturated carbocycles. The zero-order valence-corrected chi connectivity index (χ0v) is 16.3. The molecule has 3 aromatic carbocycles. The second-order valence-corrected chi connectivity index (χ2v) is 6.84. The summed E-state index contributed by atoms with van der Waals surface area (Å²) in [6.45, 7) is 0. The van der Waals surface area contributed by atoms with Crippen LogP contribution >= 0.6 is 0 Å². The van der Waals surface area contributed by atoms with Crippen molar-refractivity contribution in [3.05, 3.63) is 109 Å². The molecular formula is C21H18ClN3O5. The minimum Gasteiger partial charge on any atom is -0.508 e. The average molecular weight is 428 g/mol. The van der Waals surface area contributed by atoms with Crippen molar-refractivity contribution in [1.29, 1.82) is 0 Å². The Labute approximate surface area is 175 Å². The van der Waals surface area contributed by atoms with Crippen LogP contribution in [0.2, 0.25) is 0 Å². The fraction of sp³-hybridized carbons (Fsp3) is 0. The fourth-order valence-electron chi connectivity index (χ4n) is 2.98. The first-order valence-electron chi connectivity index (χ1n) is 8.76. The molecule has 154 valence electrons. The number of rotatable bonds is 3. The van der Waals surface area contributed by atoms with E-state index in [-0.39, 0.29) is 0 Å². The first kappa shape index (κ1) is 21.5. The number of nitrogens with one attached hydrogen (secondary N) is 1. The van der Waals surface area contributed by atoms with E-state index in [1.54, 1.807) is 0 Å². The summed E-state index contributed by atoms with van der Waals surface area (Å²) in [6.07, 6.45) is 1.13. The van der Waals surface area contributed by atoms with Crippen molar-refractivity contribution in [2.45, 2.75) is 0 Å². The molecule has 0 amide bonds. The van der Waals surface area contributed by atoms with Crippen molar-refractivity contribution in [3.63, 3.8) is 0 Å². The van der Waals surface area contributed by atoms with Crippen LogP contribution in [-0.4, -0.2) is 10.9 Å². The molecule has 1 atom stereocenters. The lowest BCUT2D eigenvalue weighted by Gasteiger charge is -2.19. The summed E-state index contributed by atoms with van der Waals surface area (Å²) >= 11 is 0. The number of hydrogen-bond acceptors (Lipinski definition) is 7. The van der Waals surface area contributed by atoms with Gasteiger partial charge in [-0.3, -0.25) is 0 Å². The van der Waals surface area contributed by atoms with E-state index in [1.807, 2.05) is 95.9 Å². The van der Waals surface area contributed by atoms with Gasteiger partial charge in [0.25, 0.3) is 5.82 Å². The summed E-state index contributed by atoms with van der Waals surface area (Å²) in [5.74, 6) is 1.46. The summed E-state index contributed by atoms with van der Waals surface area (Å²) in [7, 11) is -4.94. The quantitative estimate of drug-likeness (QED) is 0.498. The van der Waals surface area contributed by atoms with Gasteiger partial charge in [0.05, 0.1) is 5.69 Å². The maximum absolute atomic E-state index is 10.00. The first-order chi connectivity index (χ1) is 14.4. The molecule has 0 saturated heterocycles. The monoisotopic (exact) mass is 427 g/mol. The normalized spacial score (nSPS) is 17.3. The SMILES string of the molecule is OC=C1N(c2ccccc2)C(c2ccccc2)=N[NH+]1c1ccccc1.[O-][Cl+3]([O-])([O-])[O-]. The van der Waals surface area contributed by atoms with E-state index in [2.05, 4.69) is 0 Å². The van der Waals surface area contributed by atoms with Gasteiger partial charge in [0.15, 0.2) is 11.9 Å². The van der Waals surface area contributed by atoms with Crippen LogP contribution < -0.4 is 28.5 Å². The standard InChI is InChI=1S/C21H17N3O.ClHO4/c25-16-20-23(18-12-6-2-7-13-18)21(17-10-4-1-5-11-17)22-24(20)19-14-8-3-9-15-19;2-1(3,4)5/h1-16,25H;(H,2,3,4,5). The van der Waals surface area contributed by atoms with Crippen LogP contribution in [0.5, 0.6) is 0 Å². The average Bonchev–Trinajstić information content (AvgIpc) is 3.14. The number of quaternary nitrogens is 1. The van der Waals surface area contributed by atoms with Crippen molar-refractivity contribution < 1.29 is 39.0 Å². The maximum Gasteiger partial charge on any atom is 0.279 e. The Bertz CT molecular complexity index is 1000. The zero-order chi connectivity index (χ0) is 21.6. The molecule has 1 heterocycles. The van der Waals surface area contributed by atoms with Gasteiger partial charge in [-0.25, -0.2) is 23.5 Å². The summed E-state index contributed by atoms with van der Waals surface area (Å²) in [6, 6.07) is 29.9. The van der Waals surface area contributed by atoms with Crippen molar-refractivity contribution in [1.82, 2.24) is 0 Å². The predicted molar refractivity (Wildman–Crippen MR) is 99.7 cm³/mol. The molecule has 1 aliphatic rings. The second-order valence-electron chi connectivity index (χ2n) is 6.08. The maximum atomic E-state index is 10.00. The largest absolute Gasteiger partial charge is 0.508 e. The molecule has 2 N–H and O–H groups in total. The number of para-hydroxylation sites is 2. The first-order valence-corrected chi connectivity index (χ1v) is 10.00. The Balaban J connectivity index is 0.000000461. The molecular weight excluding hydrogens is 410 g/mol. The van der Waals surface area contributed by atoms with Crippen molar-refractivity contribution in [2.75, 3.05) is 4.90 Å². The molecule has 3 aromatic rings. The summed E-state index contributed by atoms with van der Waals surface area (Å²) in [5, 5.41) is 15.6. The third-order valence-electron chi connectivity index (χ3n) is 4.13. The summed E-state index contributed by atoms with van der Waals surface area (Å²) < 4.78 is 34.0. The van der Waals surface area contributed by atoms with E-state index in [1.165, 1.54) is 0 Å². The molecule has 30 heavy (non-hydrogen) atoms. The lowest BCUT2D eigenvalue weighted by molar-refractivity contribution is -2.00. The Morgan fingerprint density at radius 2 is 1.23 bits per heavy atom. The molecule has 0 aliphatic carbocycles. The Morgan fingerprint density at radius 3 is 1.73 bits per heavy atom. The lowest BCUT2D eigenvalue weighted by Crippen LogP contribution is -3.00. The van der Waals surface area contributed by atoms with Gasteiger partial charge in [0.1, 0.15) is 0 Å². The van der Waals surface area contributed by atoms with E-state index in [4.69, 9.17) is 23.7 Å². The number of aliphatic hydroxyl groups excluding tert-OH is 1. The number of nitrogens with zero attached hydrogens (tertiary/aromatic N) is 2. The van der Waals surface area contributed by atoms with Gasteiger partial charge < -0.3 is 5.11 Å². The minimum absolute atomic E-state index is 0.663. The van der Waals surface area contributed by atoms with Crippen LogP contribution in [0.3, 0.4) is 0 Å². The highest BCUT2D eigenvalue weighted by Gasteiger charge is 2.38. The predicted octanol–water partition coefficient (Wildman–Crippen LogP) is -1.31. The van der Waals surface area contributed by atoms with Crippen molar-refractivity contribution >= 4 is 17.2 Å². The van der Waals surface area contributed by atoms with Crippen LogP contribution in [0.15, 0.2) is 108 Å². The van der Waals surface area contributed by atoms with E-state index in [0.29, 0.717) is 5.82 Å². The summed E-state index contributed by atoms with van der Waals surface area (Å²) in [5.41, 5.74) is 2.92. The van der Waals surface area contributed by atoms with Gasteiger partial charge in [-0.15, -0.1) is 15.3 Å². The topological polar surface area (TPSA) is 133 Å². The number of aliphatic hydroxyl groups is 1. The third-order valence-corrected chi connectivity index (χ3v) is 4.13. The van der Waals surface area contributed by atoms with Gasteiger partial charge in [0, 0.05) is 17.7 Å². The molecule has 1 unspecified atom stereocenters. The Kier molecular flexibility index (Phi) is 6.80. The molecule has 1 aliphatic heterocycles. The molecule has 4 rings (SSSR count). The highest BCUT2D eigenvalue weighted by Crippen LogP contribution is 2.24. The lowest BCUT2D eigenvalue weighted by atomic mass is 10.2. The van der Waals surface area contributed by atoms with E-state index < -0.39 is 10.2 Å². The third kappa shape index (κ3) is 5.43. The Morgan fingerprint density at radius 1 is 0.767 bits per heavy atom. The van der Waals surface area contributed by atoms with Gasteiger partial charge in [0.2, 0.25) is 5.84 Å². The highest BCUT2D eigenvalue weighted by atomic mass is 35.7. The number of anilines is 1. The van der Waals surface area contributed by atoms with Crippen LogP contribution in [0.4, 0.5) is 11.4 Å². The summed E-state index contributed by atoms with van der Waals surface area (Å²) in [4.78, 5) is 1.98. The number of hydrogen-bond donors (Lipinski definition) is 2.